The number of rotatable bonds is 8. The number of phosphoric ester groups is 1. The molecule has 1 saturated heterocycles. The average molecular weight is 514 g/mol. The summed E-state index contributed by atoms with van der Waals surface area (Å²) in [6.45, 7) is 0.147. The van der Waals surface area contributed by atoms with Crippen LogP contribution < -0.4 is 5.56 Å². The molecule has 0 spiro atoms. The second-order valence-corrected chi connectivity index (χ2v) is 10.9. The number of aromatic amines is 1. The van der Waals surface area contributed by atoms with Crippen molar-refractivity contribution in [3.05, 3.63) is 27.4 Å². The Hall–Kier alpha value is -0.610. The van der Waals surface area contributed by atoms with Gasteiger partial charge in [0.05, 0.1) is 6.61 Å². The highest BCUT2D eigenvalue weighted by Gasteiger charge is 2.54. The number of aliphatic hydroxyl groups excluding tert-OH is 1. The van der Waals surface area contributed by atoms with Crippen molar-refractivity contribution in [2.45, 2.75) is 31.0 Å². The summed E-state index contributed by atoms with van der Waals surface area (Å²) in [5.41, 5.74) is -2.58. The molecule has 1 aromatic rings. The van der Waals surface area contributed by atoms with Gasteiger partial charge in [-0.05, 0) is 19.1 Å². The third-order valence-corrected chi connectivity index (χ3v) is 7.79. The van der Waals surface area contributed by atoms with Gasteiger partial charge in [0.25, 0.3) is 5.56 Å². The topological polar surface area (TPSA) is 247 Å². The Balaban J connectivity index is 2.13. The smallest absolute Gasteiger partial charge is 0.387 e. The van der Waals surface area contributed by atoms with Crippen LogP contribution in [0.3, 0.4) is 0 Å². The van der Waals surface area contributed by atoms with Crippen molar-refractivity contribution in [1.82, 2.24) is 9.55 Å². The fourth-order valence-electron chi connectivity index (χ4n) is 2.46. The fourth-order valence-corrected chi connectivity index (χ4v) is 5.75. The summed E-state index contributed by atoms with van der Waals surface area (Å²) in [6, 6.07) is 1.06. The highest BCUT2D eigenvalue weighted by Crippen LogP contribution is 2.66. The minimum Gasteiger partial charge on any atom is -0.387 e. The molecule has 0 saturated carbocycles. The van der Waals surface area contributed by atoms with Gasteiger partial charge in [0.2, 0.25) is 0 Å². The number of aromatic nitrogens is 2. The van der Waals surface area contributed by atoms with Crippen molar-refractivity contribution in [1.29, 1.82) is 0 Å². The lowest BCUT2D eigenvalue weighted by molar-refractivity contribution is -0.0978. The van der Waals surface area contributed by atoms with Gasteiger partial charge >= 0.3 is 23.5 Å². The predicted molar refractivity (Wildman–Crippen MR) is 96.2 cm³/mol. The number of H-pyrrole nitrogens is 1. The summed E-state index contributed by atoms with van der Waals surface area (Å²) >= 11 is 4.95. The fraction of sp³-hybridized carbons (Fsp3) is 0.600. The molecule has 0 radical (unpaired) electrons. The van der Waals surface area contributed by atoms with Gasteiger partial charge in [0.1, 0.15) is 17.8 Å². The van der Waals surface area contributed by atoms with E-state index in [2.05, 4.69) is 18.1 Å². The lowest BCUT2D eigenvalue weighted by Crippen LogP contribution is -2.44. The molecule has 2 rings (SSSR count). The molecule has 16 nitrogen and oxygen atoms in total. The van der Waals surface area contributed by atoms with Crippen molar-refractivity contribution >= 4 is 35.7 Å². The first-order valence-electron chi connectivity index (χ1n) is 7.59. The van der Waals surface area contributed by atoms with E-state index in [4.69, 9.17) is 31.6 Å². The van der Waals surface area contributed by atoms with E-state index in [1.807, 2.05) is 0 Å². The van der Waals surface area contributed by atoms with E-state index >= 15 is 0 Å². The normalized spacial score (nSPS) is 31.2. The van der Waals surface area contributed by atoms with E-state index in [-0.39, 0.29) is 4.77 Å². The maximum atomic E-state index is 11.8. The average Bonchev–Trinajstić information content (AvgIpc) is 2.73. The van der Waals surface area contributed by atoms with E-state index in [0.717, 1.165) is 23.8 Å². The summed E-state index contributed by atoms with van der Waals surface area (Å²) in [5, 5.41) is 20.8. The number of aliphatic hydroxyl groups is 2. The van der Waals surface area contributed by atoms with Gasteiger partial charge in [-0.3, -0.25) is 18.9 Å². The Bertz CT molecular complexity index is 1050. The Morgan fingerprint density at radius 3 is 2.37 bits per heavy atom. The first-order valence-corrected chi connectivity index (χ1v) is 12.5. The van der Waals surface area contributed by atoms with Gasteiger partial charge in [-0.25, -0.2) is 13.7 Å². The third kappa shape index (κ3) is 6.45. The van der Waals surface area contributed by atoms with Crippen molar-refractivity contribution < 1.29 is 61.4 Å². The van der Waals surface area contributed by atoms with Crippen molar-refractivity contribution in [2.24, 2.45) is 0 Å². The first kappa shape index (κ1) is 25.6. The number of ether oxygens (including phenoxy) is 1. The van der Waals surface area contributed by atoms with Crippen LogP contribution in [0.2, 0.25) is 0 Å². The number of hydrogen-bond donors (Lipinski definition) is 7. The van der Waals surface area contributed by atoms with Gasteiger partial charge in [-0.1, -0.05) is 0 Å². The quantitative estimate of drug-likeness (QED) is 0.167. The second-order valence-electron chi connectivity index (χ2n) is 6.10. The first-order chi connectivity index (χ1) is 13.4. The Morgan fingerprint density at radius 1 is 1.23 bits per heavy atom. The van der Waals surface area contributed by atoms with E-state index in [1.165, 1.54) is 0 Å². The maximum Gasteiger partial charge on any atom is 0.490 e. The molecule has 7 N–H and O–H groups in total. The summed E-state index contributed by atoms with van der Waals surface area (Å²) in [6.07, 6.45) is -3.48. The van der Waals surface area contributed by atoms with Crippen LogP contribution in [0.25, 0.3) is 0 Å². The number of nitrogens with one attached hydrogen (secondary N) is 1. The second kappa shape index (κ2) is 8.73. The van der Waals surface area contributed by atoms with Gasteiger partial charge in [0.15, 0.2) is 11.0 Å². The molecule has 0 aliphatic carbocycles. The van der Waals surface area contributed by atoms with E-state index < -0.39 is 59.7 Å². The molecule has 0 aromatic carbocycles. The zero-order chi connectivity index (χ0) is 23.1. The maximum absolute atomic E-state index is 11.8. The van der Waals surface area contributed by atoms with Crippen LogP contribution in [0.1, 0.15) is 13.2 Å². The molecule has 1 fully saturated rings. The van der Waals surface area contributed by atoms with Crippen LogP contribution in [0.15, 0.2) is 17.1 Å². The molecule has 172 valence electrons. The predicted octanol–water partition coefficient (Wildman–Crippen LogP) is -0.742. The van der Waals surface area contributed by atoms with Crippen molar-refractivity contribution in [3.8, 4) is 0 Å². The third-order valence-electron chi connectivity index (χ3n) is 3.68. The van der Waals surface area contributed by atoms with Gasteiger partial charge in [-0.2, -0.15) is 8.62 Å². The number of nitrogens with zero attached hydrogens (tertiary/aromatic N) is 1. The highest BCUT2D eigenvalue weighted by molar-refractivity contribution is 7.71. The zero-order valence-corrected chi connectivity index (χ0v) is 18.2. The van der Waals surface area contributed by atoms with Crippen molar-refractivity contribution in [3.63, 3.8) is 0 Å². The van der Waals surface area contributed by atoms with E-state index in [9.17, 15) is 33.6 Å². The molecule has 0 bridgehead atoms. The Morgan fingerprint density at radius 2 is 1.83 bits per heavy atom. The lowest BCUT2D eigenvalue weighted by atomic mass is 9.96. The van der Waals surface area contributed by atoms with Crippen LogP contribution in [0.4, 0.5) is 0 Å². The van der Waals surface area contributed by atoms with Gasteiger partial charge in [-0.15, -0.1) is 0 Å². The van der Waals surface area contributed by atoms with Crippen LogP contribution in [0.5, 0.6) is 0 Å². The van der Waals surface area contributed by atoms with Gasteiger partial charge < -0.3 is 34.5 Å². The molecule has 20 heteroatoms. The Labute approximate surface area is 172 Å². The standard InChI is InChI=1S/C10H17N2O14P3S/c1-10(15)7(14)5(24-8(10)12-3-2-6(13)11-9(12)30)4-23-28(19,20)26-29(21,22)25-27(16,17)18/h2-3,5,7-8,14-15H,4H2,1H3,(H,19,20)(H,21,22)(H,11,13,30)(H2,16,17,18)/t5?,7-,8+,10?/m0/s1. The van der Waals surface area contributed by atoms with Crippen LogP contribution in [-0.2, 0) is 31.6 Å². The monoisotopic (exact) mass is 514 g/mol. The van der Waals surface area contributed by atoms with Gasteiger partial charge in [0, 0.05) is 12.3 Å². The molecule has 6 atom stereocenters. The zero-order valence-electron chi connectivity index (χ0n) is 14.7. The summed E-state index contributed by atoms with van der Waals surface area (Å²) in [7, 11) is -16.7. The summed E-state index contributed by atoms with van der Waals surface area (Å²) in [5.74, 6) is 0. The minimum absolute atomic E-state index is 0.173. The van der Waals surface area contributed by atoms with Crippen LogP contribution in [0, 0.1) is 4.77 Å². The Kier molecular flexibility index (Phi) is 7.46. The SMILES string of the molecule is CC1(O)[C@@H](O)C(COP(=O)(O)OP(=O)(O)OP(=O)(O)O)O[C@H]1n1ccc(=O)[nH]c1=S. The molecular weight excluding hydrogens is 497 g/mol. The minimum atomic E-state index is -5.71. The van der Waals surface area contributed by atoms with Crippen molar-refractivity contribution in [2.75, 3.05) is 6.61 Å². The largest absolute Gasteiger partial charge is 0.490 e. The molecular formula is C10H17N2O14P3S. The molecule has 0 amide bonds. The van der Waals surface area contributed by atoms with Crippen LogP contribution >= 0.6 is 35.7 Å². The molecule has 2 heterocycles. The molecule has 1 aliphatic rings. The number of hydrogen-bond acceptors (Lipinski definition) is 11. The number of phosphoric acid groups is 3. The lowest BCUT2D eigenvalue weighted by Gasteiger charge is -2.27. The summed E-state index contributed by atoms with van der Waals surface area (Å²) < 4.78 is 51.5. The van der Waals surface area contributed by atoms with Crippen LogP contribution in [-0.4, -0.2) is 63.8 Å². The molecule has 1 aromatic heterocycles. The molecule has 4 unspecified atom stereocenters. The van der Waals surface area contributed by atoms with E-state index in [1.54, 1.807) is 0 Å². The molecule has 30 heavy (non-hydrogen) atoms. The molecule has 1 aliphatic heterocycles. The van der Waals surface area contributed by atoms with E-state index in [0.29, 0.717) is 0 Å². The highest BCUT2D eigenvalue weighted by atomic mass is 32.1. The summed E-state index contributed by atoms with van der Waals surface area (Å²) in [4.78, 5) is 49.0.